The highest BCUT2D eigenvalue weighted by Gasteiger charge is 2.04. The molecule has 0 bridgehead atoms. The third-order valence-electron chi connectivity index (χ3n) is 1.88. The summed E-state index contributed by atoms with van der Waals surface area (Å²) in [6, 6.07) is 1.99. The molecule has 0 saturated carbocycles. The Hall–Kier alpha value is -1.52. The van der Waals surface area contributed by atoms with Gasteiger partial charge in [0.2, 0.25) is 0 Å². The maximum Gasteiger partial charge on any atom is 0.191 e. The van der Waals surface area contributed by atoms with E-state index in [4.69, 9.17) is 0 Å². The van der Waals surface area contributed by atoms with Crippen molar-refractivity contribution in [3.05, 3.63) is 18.0 Å². The van der Waals surface area contributed by atoms with E-state index in [2.05, 4.69) is 20.7 Å². The third kappa shape index (κ3) is 1.99. The second-order valence-corrected chi connectivity index (χ2v) is 2.99. The standard InChI is InChI=1S/C8H13N5/c1-13-5-2-7(12-13)6-11-8-9-3-4-10-8/h2,5H,3-4,6H2,1H3,(H2,9,10,11). The average molecular weight is 179 g/mol. The fourth-order valence-electron chi connectivity index (χ4n) is 1.25. The smallest absolute Gasteiger partial charge is 0.191 e. The molecule has 0 amide bonds. The third-order valence-corrected chi connectivity index (χ3v) is 1.88. The van der Waals surface area contributed by atoms with Gasteiger partial charge in [-0.3, -0.25) is 9.67 Å². The highest BCUT2D eigenvalue weighted by Crippen LogP contribution is 1.93. The number of guanidine groups is 1. The molecule has 1 aromatic heterocycles. The molecule has 0 aliphatic carbocycles. The van der Waals surface area contributed by atoms with E-state index in [1.54, 1.807) is 4.68 Å². The summed E-state index contributed by atoms with van der Waals surface area (Å²) in [5, 5.41) is 10.6. The van der Waals surface area contributed by atoms with Crippen molar-refractivity contribution in [3.63, 3.8) is 0 Å². The van der Waals surface area contributed by atoms with Gasteiger partial charge in [-0.1, -0.05) is 0 Å². The predicted octanol–water partition coefficient (Wildman–Crippen LogP) is -0.531. The summed E-state index contributed by atoms with van der Waals surface area (Å²) in [4.78, 5) is 4.22. The normalized spacial score (nSPS) is 15.3. The molecule has 0 aromatic carbocycles. The van der Waals surface area contributed by atoms with Crippen LogP contribution < -0.4 is 10.6 Å². The van der Waals surface area contributed by atoms with E-state index in [0.717, 1.165) is 31.3 Å². The number of hydrogen-bond acceptors (Lipinski definition) is 4. The highest BCUT2D eigenvalue weighted by atomic mass is 15.3. The minimum Gasteiger partial charge on any atom is -0.355 e. The first kappa shape index (κ1) is 8.10. The second-order valence-electron chi connectivity index (χ2n) is 2.99. The van der Waals surface area contributed by atoms with Crippen LogP contribution in [0, 0.1) is 0 Å². The fourth-order valence-corrected chi connectivity index (χ4v) is 1.25. The molecule has 2 heterocycles. The van der Waals surface area contributed by atoms with Gasteiger partial charge in [0.15, 0.2) is 5.96 Å². The van der Waals surface area contributed by atoms with Crippen molar-refractivity contribution in [2.75, 3.05) is 13.1 Å². The Morgan fingerprint density at radius 3 is 3.23 bits per heavy atom. The van der Waals surface area contributed by atoms with E-state index in [1.807, 2.05) is 19.3 Å². The van der Waals surface area contributed by atoms with Crippen LogP contribution in [0.3, 0.4) is 0 Å². The molecular weight excluding hydrogens is 166 g/mol. The van der Waals surface area contributed by atoms with Crippen LogP contribution in [0.4, 0.5) is 0 Å². The van der Waals surface area contributed by atoms with Crippen molar-refractivity contribution >= 4 is 5.96 Å². The molecule has 13 heavy (non-hydrogen) atoms. The Morgan fingerprint density at radius 2 is 2.62 bits per heavy atom. The van der Waals surface area contributed by atoms with E-state index < -0.39 is 0 Å². The number of aliphatic imine (C=N–C) groups is 1. The lowest BCUT2D eigenvalue weighted by molar-refractivity contribution is 0.727. The van der Waals surface area contributed by atoms with Crippen LogP contribution in [0.5, 0.6) is 0 Å². The molecule has 5 nitrogen and oxygen atoms in total. The van der Waals surface area contributed by atoms with Gasteiger partial charge in [-0.25, -0.2) is 0 Å². The molecule has 1 aliphatic heterocycles. The van der Waals surface area contributed by atoms with E-state index >= 15 is 0 Å². The quantitative estimate of drug-likeness (QED) is 0.641. The maximum absolute atomic E-state index is 4.24. The predicted molar refractivity (Wildman–Crippen MR) is 50.4 cm³/mol. The summed E-state index contributed by atoms with van der Waals surface area (Å²) in [6.45, 7) is 2.53. The van der Waals surface area contributed by atoms with E-state index in [-0.39, 0.29) is 0 Å². The van der Waals surface area contributed by atoms with Gasteiger partial charge in [0, 0.05) is 19.8 Å². The van der Waals surface area contributed by atoms with Crippen LogP contribution in [0.15, 0.2) is 17.3 Å². The van der Waals surface area contributed by atoms with Gasteiger partial charge >= 0.3 is 0 Å². The molecular formula is C8H13N5. The van der Waals surface area contributed by atoms with Gasteiger partial charge < -0.3 is 10.6 Å². The summed E-state index contributed by atoms with van der Waals surface area (Å²) >= 11 is 0. The molecule has 0 fully saturated rings. The van der Waals surface area contributed by atoms with Crippen molar-refractivity contribution in [3.8, 4) is 0 Å². The van der Waals surface area contributed by atoms with Crippen LogP contribution in [0.1, 0.15) is 5.69 Å². The Morgan fingerprint density at radius 1 is 1.69 bits per heavy atom. The van der Waals surface area contributed by atoms with Gasteiger partial charge in [-0.15, -0.1) is 0 Å². The van der Waals surface area contributed by atoms with Crippen LogP contribution >= 0.6 is 0 Å². The summed E-state index contributed by atoms with van der Waals surface area (Å²) in [5.74, 6) is 0.880. The number of rotatable bonds is 2. The lowest BCUT2D eigenvalue weighted by Crippen LogP contribution is -2.33. The zero-order valence-corrected chi connectivity index (χ0v) is 7.62. The lowest BCUT2D eigenvalue weighted by atomic mass is 10.4. The number of nitrogens with one attached hydrogen (secondary N) is 2. The molecule has 70 valence electrons. The minimum absolute atomic E-state index is 0.729. The van der Waals surface area contributed by atoms with Crippen LogP contribution in [0.2, 0.25) is 0 Å². The second kappa shape index (κ2) is 3.47. The molecule has 0 radical (unpaired) electrons. The van der Waals surface area contributed by atoms with E-state index in [0.29, 0.717) is 0 Å². The zero-order chi connectivity index (χ0) is 9.10. The SMILES string of the molecule is Cn1ccc(CNC2=NCCN2)n1. The van der Waals surface area contributed by atoms with Crippen molar-refractivity contribution < 1.29 is 0 Å². The molecule has 0 unspecified atom stereocenters. The number of aromatic nitrogens is 2. The van der Waals surface area contributed by atoms with Gasteiger partial charge in [-0.2, -0.15) is 5.10 Å². The largest absolute Gasteiger partial charge is 0.355 e. The van der Waals surface area contributed by atoms with Crippen LogP contribution in [-0.2, 0) is 13.6 Å². The number of hydrogen-bond donors (Lipinski definition) is 2. The van der Waals surface area contributed by atoms with Gasteiger partial charge in [0.1, 0.15) is 0 Å². The molecule has 0 spiro atoms. The summed E-state index contributed by atoms with van der Waals surface area (Å²) in [6.07, 6.45) is 1.93. The first-order chi connectivity index (χ1) is 6.34. The van der Waals surface area contributed by atoms with Crippen molar-refractivity contribution in [2.45, 2.75) is 6.54 Å². The molecule has 2 rings (SSSR count). The molecule has 0 saturated heterocycles. The number of aryl methyl sites for hydroxylation is 1. The monoisotopic (exact) mass is 179 g/mol. The van der Waals surface area contributed by atoms with Gasteiger partial charge in [0.05, 0.1) is 18.8 Å². The molecule has 5 heteroatoms. The van der Waals surface area contributed by atoms with Crippen LogP contribution in [0.25, 0.3) is 0 Å². The summed E-state index contributed by atoms with van der Waals surface area (Å²) in [5.41, 5.74) is 1.03. The number of nitrogens with zero attached hydrogens (tertiary/aromatic N) is 3. The summed E-state index contributed by atoms with van der Waals surface area (Å²) < 4.78 is 1.79. The van der Waals surface area contributed by atoms with Gasteiger partial charge in [0.25, 0.3) is 0 Å². The Balaban J connectivity index is 1.85. The van der Waals surface area contributed by atoms with Crippen molar-refractivity contribution in [1.29, 1.82) is 0 Å². The lowest BCUT2D eigenvalue weighted by Gasteiger charge is -2.03. The average Bonchev–Trinajstić information content (AvgIpc) is 2.71. The van der Waals surface area contributed by atoms with E-state index in [1.165, 1.54) is 0 Å². The summed E-state index contributed by atoms with van der Waals surface area (Å²) in [7, 11) is 1.91. The first-order valence-electron chi connectivity index (χ1n) is 4.35. The first-order valence-corrected chi connectivity index (χ1v) is 4.35. The van der Waals surface area contributed by atoms with Crippen molar-refractivity contribution in [1.82, 2.24) is 20.4 Å². The Labute approximate surface area is 76.9 Å². The Kier molecular flexibility index (Phi) is 2.16. The molecule has 0 atom stereocenters. The minimum atomic E-state index is 0.729. The van der Waals surface area contributed by atoms with Gasteiger partial charge in [-0.05, 0) is 6.07 Å². The molecule has 1 aromatic rings. The zero-order valence-electron chi connectivity index (χ0n) is 7.62. The topological polar surface area (TPSA) is 54.2 Å². The van der Waals surface area contributed by atoms with Crippen molar-refractivity contribution in [2.24, 2.45) is 12.0 Å². The molecule has 2 N–H and O–H groups in total. The Bertz CT molecular complexity index is 314. The fraction of sp³-hybridized carbons (Fsp3) is 0.500. The van der Waals surface area contributed by atoms with E-state index in [9.17, 15) is 0 Å². The highest BCUT2D eigenvalue weighted by molar-refractivity contribution is 5.81. The van der Waals surface area contributed by atoms with Crippen LogP contribution in [-0.4, -0.2) is 28.8 Å². The maximum atomic E-state index is 4.24. The molecule has 1 aliphatic rings.